The first kappa shape index (κ1) is 13.6. The lowest BCUT2D eigenvalue weighted by atomic mass is 10.0. The minimum absolute atomic E-state index is 0.0702. The fraction of sp³-hybridized carbons (Fsp3) is 0.333. The summed E-state index contributed by atoms with van der Waals surface area (Å²) < 4.78 is 16.2. The maximum absolute atomic E-state index is 5.62. The van der Waals surface area contributed by atoms with Crippen molar-refractivity contribution in [3.63, 3.8) is 0 Å². The maximum atomic E-state index is 5.62. The minimum atomic E-state index is -0.0702. The Kier molecular flexibility index (Phi) is 3.87. The van der Waals surface area contributed by atoms with Gasteiger partial charge in [0.1, 0.15) is 13.2 Å². The van der Waals surface area contributed by atoms with Crippen LogP contribution in [-0.2, 0) is 0 Å². The van der Waals surface area contributed by atoms with Crippen LogP contribution in [0.1, 0.15) is 17.3 Å². The predicted molar refractivity (Wildman–Crippen MR) is 76.9 cm³/mol. The number of nitrogens with one attached hydrogen (secondary N) is 1. The van der Waals surface area contributed by atoms with Crippen molar-refractivity contribution in [2.45, 2.75) is 6.04 Å². The molecular weight excluding hydrogens is 270 g/mol. The highest BCUT2D eigenvalue weighted by Gasteiger charge is 2.18. The summed E-state index contributed by atoms with van der Waals surface area (Å²) >= 11 is 0. The molecule has 0 fully saturated rings. The average molecular weight is 287 g/mol. The Morgan fingerprint density at radius 3 is 2.57 bits per heavy atom. The zero-order valence-electron chi connectivity index (χ0n) is 12.0. The van der Waals surface area contributed by atoms with Crippen LogP contribution in [0.4, 0.5) is 0 Å². The summed E-state index contributed by atoms with van der Waals surface area (Å²) in [6, 6.07) is 9.51. The number of methoxy groups -OCH3 is 1. The van der Waals surface area contributed by atoms with Gasteiger partial charge in [-0.3, -0.25) is 0 Å². The third kappa shape index (κ3) is 2.75. The smallest absolute Gasteiger partial charge is 0.233 e. The minimum Gasteiger partial charge on any atom is -0.486 e. The molecule has 6 nitrogen and oxygen atoms in total. The zero-order chi connectivity index (χ0) is 14.7. The quantitative estimate of drug-likeness (QED) is 0.920. The molecule has 6 heteroatoms. The molecule has 21 heavy (non-hydrogen) atoms. The lowest BCUT2D eigenvalue weighted by Crippen LogP contribution is -2.20. The predicted octanol–water partition coefficient (Wildman–Crippen LogP) is 1.57. The van der Waals surface area contributed by atoms with E-state index in [0.717, 1.165) is 22.8 Å². The molecule has 0 bridgehead atoms. The molecule has 2 heterocycles. The van der Waals surface area contributed by atoms with Crippen molar-refractivity contribution >= 4 is 0 Å². The molecule has 1 N–H and O–H groups in total. The Morgan fingerprint density at radius 1 is 1.10 bits per heavy atom. The second-order valence-corrected chi connectivity index (χ2v) is 4.63. The van der Waals surface area contributed by atoms with E-state index in [2.05, 4.69) is 15.5 Å². The molecule has 1 atom stereocenters. The van der Waals surface area contributed by atoms with Crippen LogP contribution in [0.2, 0.25) is 0 Å². The number of ether oxygens (including phenoxy) is 3. The molecule has 110 valence electrons. The standard InChI is InChI=1S/C15H17N3O3/c1-16-15(11-4-6-14(19-2)18-17-11)10-3-5-12-13(9-10)21-8-7-20-12/h3-6,9,15-16H,7-8H2,1-2H3. The van der Waals surface area contributed by atoms with E-state index >= 15 is 0 Å². The van der Waals surface area contributed by atoms with Gasteiger partial charge in [-0.25, -0.2) is 0 Å². The molecule has 1 unspecified atom stereocenters. The highest BCUT2D eigenvalue weighted by molar-refractivity contribution is 5.46. The fourth-order valence-electron chi connectivity index (χ4n) is 2.32. The van der Waals surface area contributed by atoms with Gasteiger partial charge in [0.2, 0.25) is 5.88 Å². The Hall–Kier alpha value is -2.34. The summed E-state index contributed by atoms with van der Waals surface area (Å²) in [5.74, 6) is 2.04. The third-order valence-electron chi connectivity index (χ3n) is 3.35. The second kappa shape index (κ2) is 5.97. The van der Waals surface area contributed by atoms with E-state index in [1.807, 2.05) is 31.3 Å². The van der Waals surface area contributed by atoms with Crippen molar-refractivity contribution in [1.29, 1.82) is 0 Å². The van der Waals surface area contributed by atoms with Crippen LogP contribution in [0.15, 0.2) is 30.3 Å². The van der Waals surface area contributed by atoms with Gasteiger partial charge in [0, 0.05) is 6.07 Å². The lowest BCUT2D eigenvalue weighted by molar-refractivity contribution is 0.171. The van der Waals surface area contributed by atoms with Gasteiger partial charge in [0.05, 0.1) is 18.8 Å². The SMILES string of the molecule is CNC(c1ccc2c(c1)OCCO2)c1ccc(OC)nn1. The number of benzene rings is 1. The molecule has 0 radical (unpaired) electrons. The van der Waals surface area contributed by atoms with E-state index < -0.39 is 0 Å². The van der Waals surface area contributed by atoms with Crippen molar-refractivity contribution in [2.24, 2.45) is 0 Å². The molecule has 0 aliphatic carbocycles. The first-order chi connectivity index (χ1) is 10.3. The largest absolute Gasteiger partial charge is 0.486 e. The normalized spacial score (nSPS) is 14.6. The van der Waals surface area contributed by atoms with Gasteiger partial charge in [-0.05, 0) is 30.8 Å². The van der Waals surface area contributed by atoms with Crippen LogP contribution >= 0.6 is 0 Å². The van der Waals surface area contributed by atoms with E-state index in [9.17, 15) is 0 Å². The number of nitrogens with zero attached hydrogens (tertiary/aromatic N) is 2. The first-order valence-corrected chi connectivity index (χ1v) is 6.76. The average Bonchev–Trinajstić information content (AvgIpc) is 2.56. The van der Waals surface area contributed by atoms with Crippen LogP contribution in [-0.4, -0.2) is 37.6 Å². The fourth-order valence-corrected chi connectivity index (χ4v) is 2.32. The molecule has 0 saturated carbocycles. The van der Waals surface area contributed by atoms with E-state index in [1.54, 1.807) is 13.2 Å². The molecule has 3 rings (SSSR count). The lowest BCUT2D eigenvalue weighted by Gasteiger charge is -2.21. The molecule has 1 aliphatic heterocycles. The van der Waals surface area contributed by atoms with Crippen LogP contribution in [0.25, 0.3) is 0 Å². The van der Waals surface area contributed by atoms with Crippen molar-refractivity contribution in [2.75, 3.05) is 27.4 Å². The summed E-state index contributed by atoms with van der Waals surface area (Å²) in [6.45, 7) is 1.16. The topological polar surface area (TPSA) is 65.5 Å². The Bertz CT molecular complexity index is 616. The first-order valence-electron chi connectivity index (χ1n) is 6.76. The Labute approximate surface area is 123 Å². The number of hydrogen-bond acceptors (Lipinski definition) is 6. The van der Waals surface area contributed by atoms with Gasteiger partial charge in [-0.1, -0.05) is 6.07 Å². The van der Waals surface area contributed by atoms with Crippen molar-refractivity contribution in [3.8, 4) is 17.4 Å². The molecule has 1 aromatic carbocycles. The van der Waals surface area contributed by atoms with Gasteiger partial charge < -0.3 is 19.5 Å². The van der Waals surface area contributed by atoms with Crippen molar-refractivity contribution in [1.82, 2.24) is 15.5 Å². The molecular formula is C15H17N3O3. The van der Waals surface area contributed by atoms with E-state index in [0.29, 0.717) is 19.1 Å². The van der Waals surface area contributed by atoms with Gasteiger partial charge in [0.15, 0.2) is 11.5 Å². The summed E-state index contributed by atoms with van der Waals surface area (Å²) in [7, 11) is 3.45. The van der Waals surface area contributed by atoms with Crippen molar-refractivity contribution in [3.05, 3.63) is 41.6 Å². The van der Waals surface area contributed by atoms with Crippen LogP contribution in [0.5, 0.6) is 17.4 Å². The molecule has 0 saturated heterocycles. The second-order valence-electron chi connectivity index (χ2n) is 4.63. The van der Waals surface area contributed by atoms with E-state index in [-0.39, 0.29) is 6.04 Å². The van der Waals surface area contributed by atoms with Crippen LogP contribution in [0.3, 0.4) is 0 Å². The van der Waals surface area contributed by atoms with Crippen molar-refractivity contribution < 1.29 is 14.2 Å². The summed E-state index contributed by atoms with van der Waals surface area (Å²) in [6.07, 6.45) is 0. The number of fused-ring (bicyclic) bond motifs is 1. The van der Waals surface area contributed by atoms with Crippen LogP contribution in [0, 0.1) is 0 Å². The molecule has 2 aromatic rings. The van der Waals surface area contributed by atoms with Gasteiger partial charge >= 0.3 is 0 Å². The van der Waals surface area contributed by atoms with Gasteiger partial charge in [0.25, 0.3) is 0 Å². The Morgan fingerprint density at radius 2 is 1.90 bits per heavy atom. The molecule has 1 aliphatic rings. The van der Waals surface area contributed by atoms with Crippen LogP contribution < -0.4 is 19.5 Å². The maximum Gasteiger partial charge on any atom is 0.233 e. The monoisotopic (exact) mass is 287 g/mol. The van der Waals surface area contributed by atoms with E-state index in [1.165, 1.54) is 0 Å². The Balaban J connectivity index is 1.91. The third-order valence-corrected chi connectivity index (χ3v) is 3.35. The summed E-state index contributed by atoms with van der Waals surface area (Å²) in [5, 5.41) is 11.4. The van der Waals surface area contributed by atoms with E-state index in [4.69, 9.17) is 14.2 Å². The molecule has 0 spiro atoms. The van der Waals surface area contributed by atoms with Gasteiger partial charge in [-0.15, -0.1) is 10.2 Å². The molecule has 1 aromatic heterocycles. The van der Waals surface area contributed by atoms with Gasteiger partial charge in [-0.2, -0.15) is 0 Å². The highest BCUT2D eigenvalue weighted by Crippen LogP contribution is 2.33. The summed E-state index contributed by atoms with van der Waals surface area (Å²) in [5.41, 5.74) is 1.86. The zero-order valence-corrected chi connectivity index (χ0v) is 12.0. The number of rotatable bonds is 4. The number of hydrogen-bond donors (Lipinski definition) is 1. The number of aromatic nitrogens is 2. The highest BCUT2D eigenvalue weighted by atomic mass is 16.6. The molecule has 0 amide bonds. The summed E-state index contributed by atoms with van der Waals surface area (Å²) in [4.78, 5) is 0.